The second-order valence-electron chi connectivity index (χ2n) is 8.04. The van der Waals surface area contributed by atoms with Gasteiger partial charge in [-0.1, -0.05) is 12.8 Å². The topological polar surface area (TPSA) is 67.1 Å². The van der Waals surface area contributed by atoms with E-state index in [1.807, 2.05) is 0 Å². The number of anilines is 2. The Bertz CT molecular complexity index is 622. The van der Waals surface area contributed by atoms with Gasteiger partial charge in [0.2, 0.25) is 5.95 Å². The molecule has 5 heteroatoms. The van der Waals surface area contributed by atoms with Gasteiger partial charge in [-0.2, -0.15) is 4.98 Å². The van der Waals surface area contributed by atoms with Gasteiger partial charge in [-0.3, -0.25) is 0 Å². The van der Waals surface area contributed by atoms with E-state index in [1.54, 1.807) is 0 Å². The molecule has 5 rings (SSSR count). The molecule has 2 aliphatic heterocycles. The summed E-state index contributed by atoms with van der Waals surface area (Å²) in [6.07, 6.45) is 10.3. The number of rotatable bonds is 1. The molecule has 0 unspecified atom stereocenters. The predicted octanol–water partition coefficient (Wildman–Crippen LogP) is 2.00. The Morgan fingerprint density at radius 3 is 2.78 bits per heavy atom. The number of hydrogen-bond donors (Lipinski definition) is 2. The van der Waals surface area contributed by atoms with Gasteiger partial charge in [0.25, 0.3) is 0 Å². The molecular formula is C18H27N5. The van der Waals surface area contributed by atoms with Gasteiger partial charge in [0.15, 0.2) is 0 Å². The summed E-state index contributed by atoms with van der Waals surface area (Å²) in [7, 11) is 0. The van der Waals surface area contributed by atoms with Crippen molar-refractivity contribution >= 4 is 11.8 Å². The fourth-order valence-electron chi connectivity index (χ4n) is 5.77. The summed E-state index contributed by atoms with van der Waals surface area (Å²) in [6, 6.07) is 0.606. The van der Waals surface area contributed by atoms with Gasteiger partial charge in [-0.15, -0.1) is 0 Å². The molecule has 1 spiro atoms. The molecule has 0 bridgehead atoms. The fourth-order valence-corrected chi connectivity index (χ4v) is 5.77. The molecule has 5 nitrogen and oxygen atoms in total. The Labute approximate surface area is 138 Å². The number of fused-ring (bicyclic) bond motifs is 3. The lowest BCUT2D eigenvalue weighted by Crippen LogP contribution is -2.38. The van der Waals surface area contributed by atoms with Gasteiger partial charge < -0.3 is 16.0 Å². The lowest BCUT2D eigenvalue weighted by atomic mass is 9.71. The van der Waals surface area contributed by atoms with Crippen LogP contribution in [0.1, 0.15) is 56.2 Å². The normalized spacial score (nSPS) is 31.6. The van der Waals surface area contributed by atoms with Gasteiger partial charge in [-0.25, -0.2) is 4.98 Å². The minimum absolute atomic E-state index is 0.312. The van der Waals surface area contributed by atoms with Gasteiger partial charge >= 0.3 is 0 Å². The summed E-state index contributed by atoms with van der Waals surface area (Å²) in [5, 5.41) is 3.55. The summed E-state index contributed by atoms with van der Waals surface area (Å²) < 4.78 is 0. The van der Waals surface area contributed by atoms with Gasteiger partial charge in [0.1, 0.15) is 5.82 Å². The Kier molecular flexibility index (Phi) is 3.09. The summed E-state index contributed by atoms with van der Waals surface area (Å²) in [5.74, 6) is 2.45. The molecule has 2 saturated heterocycles. The van der Waals surface area contributed by atoms with Crippen molar-refractivity contribution in [1.82, 2.24) is 15.3 Å². The number of nitrogens with zero attached hydrogens (tertiary/aromatic N) is 3. The smallest absolute Gasteiger partial charge is 0.222 e. The van der Waals surface area contributed by atoms with E-state index in [-0.39, 0.29) is 0 Å². The first-order chi connectivity index (χ1) is 11.3. The average Bonchev–Trinajstić information content (AvgIpc) is 3.24. The Balaban J connectivity index is 1.61. The van der Waals surface area contributed by atoms with Gasteiger partial charge in [0, 0.05) is 36.7 Å². The second kappa shape index (κ2) is 5.07. The van der Waals surface area contributed by atoms with E-state index >= 15 is 0 Å². The van der Waals surface area contributed by atoms with Crippen molar-refractivity contribution in [3.8, 4) is 0 Å². The van der Waals surface area contributed by atoms with Crippen LogP contribution in [0, 0.1) is 5.92 Å². The van der Waals surface area contributed by atoms with Crippen molar-refractivity contribution < 1.29 is 0 Å². The van der Waals surface area contributed by atoms with Crippen LogP contribution in [-0.2, 0) is 11.8 Å². The summed E-state index contributed by atoms with van der Waals surface area (Å²) in [5.41, 5.74) is 9.23. The van der Waals surface area contributed by atoms with Gasteiger partial charge in [0.05, 0.1) is 5.69 Å². The maximum Gasteiger partial charge on any atom is 0.222 e. The summed E-state index contributed by atoms with van der Waals surface area (Å²) in [4.78, 5) is 12.1. The zero-order chi connectivity index (χ0) is 15.4. The summed E-state index contributed by atoms with van der Waals surface area (Å²) in [6.45, 7) is 3.38. The van der Waals surface area contributed by atoms with E-state index < -0.39 is 0 Å². The largest absolute Gasteiger partial charge is 0.368 e. The van der Waals surface area contributed by atoms with Crippen LogP contribution in [0.2, 0.25) is 0 Å². The van der Waals surface area contributed by atoms with E-state index in [2.05, 4.69) is 10.2 Å². The van der Waals surface area contributed by atoms with Crippen LogP contribution < -0.4 is 16.0 Å². The highest BCUT2D eigenvalue weighted by atomic mass is 15.3. The average molecular weight is 313 g/mol. The highest BCUT2D eigenvalue weighted by molar-refractivity contribution is 5.56. The van der Waals surface area contributed by atoms with Gasteiger partial charge in [-0.05, 0) is 44.4 Å². The van der Waals surface area contributed by atoms with E-state index in [0.717, 1.165) is 32.0 Å². The predicted molar refractivity (Wildman–Crippen MR) is 91.6 cm³/mol. The molecule has 0 amide bonds. The molecule has 23 heavy (non-hydrogen) atoms. The maximum absolute atomic E-state index is 6.17. The van der Waals surface area contributed by atoms with Crippen molar-refractivity contribution in [3.05, 3.63) is 11.3 Å². The molecule has 3 fully saturated rings. The number of aromatic nitrogens is 2. The van der Waals surface area contributed by atoms with Crippen LogP contribution in [0.3, 0.4) is 0 Å². The number of hydrogen-bond acceptors (Lipinski definition) is 5. The standard InChI is InChI=1S/C18H27N5/c19-17-21-15-13(4-3-8-18(15)6-1-2-7-18)16(22-17)23-9-5-12-10-20-11-14(12)23/h12,14,20H,1-11H2,(H2,19,21,22)/t12-,14+/m1/s1. The zero-order valence-corrected chi connectivity index (χ0v) is 13.9. The van der Waals surface area contributed by atoms with Crippen LogP contribution in [0.4, 0.5) is 11.8 Å². The second-order valence-corrected chi connectivity index (χ2v) is 8.04. The van der Waals surface area contributed by atoms with E-state index in [0.29, 0.717) is 17.4 Å². The number of nitrogens with one attached hydrogen (secondary N) is 1. The fraction of sp³-hybridized carbons (Fsp3) is 0.778. The molecule has 2 atom stereocenters. The van der Waals surface area contributed by atoms with Crippen LogP contribution in [0.15, 0.2) is 0 Å². The molecule has 1 aromatic heterocycles. The first kappa shape index (κ1) is 14.0. The Morgan fingerprint density at radius 2 is 1.91 bits per heavy atom. The highest BCUT2D eigenvalue weighted by Gasteiger charge is 2.44. The lowest BCUT2D eigenvalue weighted by molar-refractivity contribution is 0.357. The maximum atomic E-state index is 6.17. The molecule has 1 aromatic rings. The van der Waals surface area contributed by atoms with Crippen LogP contribution in [0.25, 0.3) is 0 Å². The van der Waals surface area contributed by atoms with Crippen molar-refractivity contribution in [2.45, 2.75) is 62.8 Å². The molecule has 0 aromatic carbocycles. The van der Waals surface area contributed by atoms with Crippen molar-refractivity contribution in [2.75, 3.05) is 30.3 Å². The quantitative estimate of drug-likeness (QED) is 0.830. The Hall–Kier alpha value is -1.36. The minimum Gasteiger partial charge on any atom is -0.368 e. The van der Waals surface area contributed by atoms with Crippen molar-refractivity contribution in [1.29, 1.82) is 0 Å². The van der Waals surface area contributed by atoms with E-state index in [1.165, 1.54) is 62.0 Å². The third-order valence-corrected chi connectivity index (χ3v) is 6.87. The molecule has 2 aliphatic carbocycles. The van der Waals surface area contributed by atoms with E-state index in [4.69, 9.17) is 15.7 Å². The SMILES string of the molecule is Nc1nc(N2CC[C@@H]3CNC[C@@H]32)c2c(n1)C1(CCCC1)CCC2. The number of nitrogens with two attached hydrogens (primary N) is 1. The lowest BCUT2D eigenvalue weighted by Gasteiger charge is -2.37. The van der Waals surface area contributed by atoms with Crippen molar-refractivity contribution in [3.63, 3.8) is 0 Å². The molecule has 4 aliphatic rings. The van der Waals surface area contributed by atoms with E-state index in [9.17, 15) is 0 Å². The van der Waals surface area contributed by atoms with Crippen molar-refractivity contribution in [2.24, 2.45) is 5.92 Å². The monoisotopic (exact) mass is 313 g/mol. The van der Waals surface area contributed by atoms with Crippen LogP contribution in [0.5, 0.6) is 0 Å². The highest BCUT2D eigenvalue weighted by Crippen LogP contribution is 2.50. The molecule has 1 saturated carbocycles. The first-order valence-corrected chi connectivity index (χ1v) is 9.41. The molecular weight excluding hydrogens is 286 g/mol. The zero-order valence-electron chi connectivity index (χ0n) is 13.9. The first-order valence-electron chi connectivity index (χ1n) is 9.41. The summed E-state index contributed by atoms with van der Waals surface area (Å²) >= 11 is 0. The third kappa shape index (κ3) is 2.02. The minimum atomic E-state index is 0.312. The molecule has 3 heterocycles. The molecule has 124 valence electrons. The third-order valence-electron chi connectivity index (χ3n) is 6.87. The molecule has 3 N–H and O–H groups in total. The molecule has 0 radical (unpaired) electrons. The Morgan fingerprint density at radius 1 is 1.09 bits per heavy atom. The van der Waals surface area contributed by atoms with Crippen LogP contribution >= 0.6 is 0 Å². The van der Waals surface area contributed by atoms with Crippen LogP contribution in [-0.4, -0.2) is 35.6 Å². The number of nitrogen functional groups attached to an aromatic ring is 1.